The third kappa shape index (κ3) is 2.39. The normalized spacial score (nSPS) is 28.6. The van der Waals surface area contributed by atoms with Crippen molar-refractivity contribution in [2.45, 2.75) is 13.0 Å². The first kappa shape index (κ1) is 15.5. The molecule has 0 aromatic heterocycles. The van der Waals surface area contributed by atoms with E-state index in [1.165, 1.54) is 0 Å². The van der Waals surface area contributed by atoms with E-state index in [1.54, 1.807) is 7.11 Å². The highest BCUT2D eigenvalue weighted by molar-refractivity contribution is 5.76. The summed E-state index contributed by atoms with van der Waals surface area (Å²) in [5.41, 5.74) is 0.281. The topological polar surface area (TPSA) is 77.5 Å². The minimum Gasteiger partial charge on any atom is -0.496 e. The quantitative estimate of drug-likeness (QED) is 0.890. The van der Waals surface area contributed by atoms with Gasteiger partial charge in [0.2, 0.25) is 6.79 Å². The lowest BCUT2D eigenvalue weighted by Crippen LogP contribution is -2.44. The standard InChI is InChI=1S/C17H21NO6/c1-21-13-5-15-14(23-10-24-15)4-11(13)6-18-7-12-8-22-3-2-17(12,9-18)16(19)20/h4-5,12H,2-3,6-10H2,1H3,(H,19,20)/t12-,17+/m1/s1. The molecule has 1 aromatic carbocycles. The van der Waals surface area contributed by atoms with Crippen LogP contribution in [-0.2, 0) is 16.1 Å². The Morgan fingerprint density at radius 3 is 2.92 bits per heavy atom. The van der Waals surface area contributed by atoms with E-state index in [9.17, 15) is 9.90 Å². The van der Waals surface area contributed by atoms with Crippen LogP contribution in [0.3, 0.4) is 0 Å². The molecule has 1 aromatic rings. The first-order valence-electron chi connectivity index (χ1n) is 8.12. The third-order valence-corrected chi connectivity index (χ3v) is 5.37. The van der Waals surface area contributed by atoms with Gasteiger partial charge in [0.25, 0.3) is 0 Å². The molecule has 24 heavy (non-hydrogen) atoms. The van der Waals surface area contributed by atoms with Crippen LogP contribution < -0.4 is 14.2 Å². The summed E-state index contributed by atoms with van der Waals surface area (Å²) in [5.74, 6) is 1.44. The van der Waals surface area contributed by atoms with Crippen molar-refractivity contribution in [3.05, 3.63) is 17.7 Å². The van der Waals surface area contributed by atoms with Crippen LogP contribution in [0.2, 0.25) is 0 Å². The highest BCUT2D eigenvalue weighted by atomic mass is 16.7. The fraction of sp³-hybridized carbons (Fsp3) is 0.588. The summed E-state index contributed by atoms with van der Waals surface area (Å²) in [5, 5.41) is 9.77. The number of methoxy groups -OCH3 is 1. The molecule has 3 aliphatic rings. The summed E-state index contributed by atoms with van der Waals surface area (Å²) in [6, 6.07) is 3.75. The molecule has 0 spiro atoms. The van der Waals surface area contributed by atoms with Crippen LogP contribution in [-0.4, -0.2) is 56.2 Å². The van der Waals surface area contributed by atoms with Gasteiger partial charge in [-0.2, -0.15) is 0 Å². The van der Waals surface area contributed by atoms with E-state index in [-0.39, 0.29) is 12.7 Å². The number of rotatable bonds is 4. The molecule has 0 amide bonds. The van der Waals surface area contributed by atoms with Gasteiger partial charge in [-0.1, -0.05) is 0 Å². The maximum atomic E-state index is 11.9. The number of likely N-dealkylation sites (tertiary alicyclic amines) is 1. The van der Waals surface area contributed by atoms with E-state index in [0.29, 0.717) is 50.8 Å². The summed E-state index contributed by atoms with van der Waals surface area (Å²) in [6.07, 6.45) is 0.571. The molecule has 0 unspecified atom stereocenters. The van der Waals surface area contributed by atoms with E-state index in [2.05, 4.69) is 4.90 Å². The molecule has 0 radical (unpaired) electrons. The van der Waals surface area contributed by atoms with E-state index in [0.717, 1.165) is 11.3 Å². The Bertz CT molecular complexity index is 663. The Morgan fingerprint density at radius 2 is 2.21 bits per heavy atom. The molecule has 130 valence electrons. The van der Waals surface area contributed by atoms with E-state index in [1.807, 2.05) is 12.1 Å². The molecular formula is C17H21NO6. The first-order valence-corrected chi connectivity index (χ1v) is 8.12. The largest absolute Gasteiger partial charge is 0.496 e. The van der Waals surface area contributed by atoms with Gasteiger partial charge in [-0.25, -0.2) is 0 Å². The molecule has 2 atom stereocenters. The van der Waals surface area contributed by atoms with Gasteiger partial charge in [0, 0.05) is 43.8 Å². The van der Waals surface area contributed by atoms with Gasteiger partial charge in [0.1, 0.15) is 5.75 Å². The zero-order valence-corrected chi connectivity index (χ0v) is 13.6. The molecule has 7 nitrogen and oxygen atoms in total. The Kier molecular flexibility index (Phi) is 3.77. The number of aliphatic carboxylic acids is 1. The summed E-state index contributed by atoms with van der Waals surface area (Å²) in [4.78, 5) is 14.1. The average molecular weight is 335 g/mol. The average Bonchev–Trinajstić information content (AvgIpc) is 3.17. The highest BCUT2D eigenvalue weighted by Crippen LogP contribution is 2.44. The summed E-state index contributed by atoms with van der Waals surface area (Å²) in [6.45, 7) is 3.11. The molecule has 0 bridgehead atoms. The lowest BCUT2D eigenvalue weighted by Gasteiger charge is -2.34. The van der Waals surface area contributed by atoms with Crippen LogP contribution in [0.15, 0.2) is 12.1 Å². The number of benzene rings is 1. The summed E-state index contributed by atoms with van der Waals surface area (Å²) < 4.78 is 21.8. The molecule has 1 N–H and O–H groups in total. The fourth-order valence-corrected chi connectivity index (χ4v) is 4.04. The van der Waals surface area contributed by atoms with E-state index in [4.69, 9.17) is 18.9 Å². The number of carbonyl (C=O) groups is 1. The van der Waals surface area contributed by atoms with Crippen molar-refractivity contribution in [1.29, 1.82) is 0 Å². The Hall–Kier alpha value is -1.99. The van der Waals surface area contributed by atoms with Crippen LogP contribution in [0.5, 0.6) is 17.2 Å². The Labute approximate surface area is 140 Å². The predicted octanol–water partition coefficient (Wildman–Crippen LogP) is 1.35. The number of nitrogens with zero attached hydrogens (tertiary/aromatic N) is 1. The van der Waals surface area contributed by atoms with Gasteiger partial charge in [-0.3, -0.25) is 9.69 Å². The first-order chi connectivity index (χ1) is 11.6. The van der Waals surface area contributed by atoms with Crippen LogP contribution in [0.1, 0.15) is 12.0 Å². The monoisotopic (exact) mass is 335 g/mol. The SMILES string of the molecule is COc1cc2c(cc1CN1C[C@@H]3COCC[C@]3(C(=O)O)C1)OCO2. The van der Waals surface area contributed by atoms with Gasteiger partial charge in [-0.15, -0.1) is 0 Å². The smallest absolute Gasteiger partial charge is 0.311 e. The summed E-state index contributed by atoms with van der Waals surface area (Å²) >= 11 is 0. The molecular weight excluding hydrogens is 314 g/mol. The van der Waals surface area contributed by atoms with Crippen molar-refractivity contribution in [1.82, 2.24) is 4.90 Å². The Morgan fingerprint density at radius 1 is 1.42 bits per heavy atom. The van der Waals surface area contributed by atoms with E-state index < -0.39 is 11.4 Å². The lowest BCUT2D eigenvalue weighted by atomic mass is 9.74. The van der Waals surface area contributed by atoms with Crippen LogP contribution >= 0.6 is 0 Å². The summed E-state index contributed by atoms with van der Waals surface area (Å²) in [7, 11) is 1.62. The number of carboxylic acids is 1. The maximum absolute atomic E-state index is 11.9. The van der Waals surface area contributed by atoms with Gasteiger partial charge < -0.3 is 24.1 Å². The molecule has 4 rings (SSSR count). The molecule has 3 aliphatic heterocycles. The van der Waals surface area contributed by atoms with E-state index >= 15 is 0 Å². The molecule has 2 fully saturated rings. The Balaban J connectivity index is 1.57. The van der Waals surface area contributed by atoms with Crippen molar-refractivity contribution < 1.29 is 28.8 Å². The van der Waals surface area contributed by atoms with Crippen LogP contribution in [0.25, 0.3) is 0 Å². The lowest BCUT2D eigenvalue weighted by molar-refractivity contribution is -0.157. The van der Waals surface area contributed by atoms with Gasteiger partial charge in [0.05, 0.1) is 19.1 Å². The second kappa shape index (κ2) is 5.82. The van der Waals surface area contributed by atoms with Crippen LogP contribution in [0, 0.1) is 11.3 Å². The third-order valence-electron chi connectivity index (χ3n) is 5.37. The van der Waals surface area contributed by atoms with Crippen molar-refractivity contribution in [2.24, 2.45) is 11.3 Å². The minimum atomic E-state index is -0.712. The number of hydrogen-bond acceptors (Lipinski definition) is 6. The molecule has 0 aliphatic carbocycles. The number of hydrogen-bond donors (Lipinski definition) is 1. The van der Waals surface area contributed by atoms with Crippen LogP contribution in [0.4, 0.5) is 0 Å². The molecule has 3 heterocycles. The number of ether oxygens (including phenoxy) is 4. The second-order valence-corrected chi connectivity index (χ2v) is 6.67. The van der Waals surface area contributed by atoms with Crippen molar-refractivity contribution >= 4 is 5.97 Å². The molecule has 2 saturated heterocycles. The van der Waals surface area contributed by atoms with Crippen molar-refractivity contribution in [3.8, 4) is 17.2 Å². The maximum Gasteiger partial charge on any atom is 0.311 e. The zero-order valence-electron chi connectivity index (χ0n) is 13.6. The minimum absolute atomic E-state index is 0.0313. The predicted molar refractivity (Wildman–Crippen MR) is 83.4 cm³/mol. The van der Waals surface area contributed by atoms with Crippen molar-refractivity contribution in [3.63, 3.8) is 0 Å². The number of carboxylic acid groups (broad SMARTS) is 1. The zero-order chi connectivity index (χ0) is 16.7. The number of fused-ring (bicyclic) bond motifs is 2. The van der Waals surface area contributed by atoms with Gasteiger partial charge >= 0.3 is 5.97 Å². The van der Waals surface area contributed by atoms with Crippen molar-refractivity contribution in [2.75, 3.05) is 40.2 Å². The fourth-order valence-electron chi connectivity index (χ4n) is 4.04. The molecule has 0 saturated carbocycles. The van der Waals surface area contributed by atoms with Gasteiger partial charge in [-0.05, 0) is 12.5 Å². The van der Waals surface area contributed by atoms with Gasteiger partial charge in [0.15, 0.2) is 11.5 Å². The second-order valence-electron chi connectivity index (χ2n) is 6.67. The highest BCUT2D eigenvalue weighted by Gasteiger charge is 2.53. The molecule has 7 heteroatoms.